The number of Topliss-reactive ketones (excluding diaryl/α,β-unsaturated/α-hetero) is 2. The molecule has 226 valence electrons. The number of methoxy groups -OCH3 is 1. The van der Waals surface area contributed by atoms with Crippen LogP contribution in [0.2, 0.25) is 15.1 Å². The van der Waals surface area contributed by atoms with Crippen LogP contribution in [0.25, 0.3) is 5.82 Å². The minimum atomic E-state index is -4.64. The topological polar surface area (TPSA) is 112 Å². The number of hydrogen-bond donors (Lipinski definition) is 0. The zero-order valence-corrected chi connectivity index (χ0v) is 25.0. The van der Waals surface area contributed by atoms with Gasteiger partial charge in [0.1, 0.15) is 5.69 Å². The normalized spacial score (nSPS) is 11.5. The van der Waals surface area contributed by atoms with E-state index in [2.05, 4.69) is 19.9 Å². The molecule has 0 unspecified atom stereocenters. The van der Waals surface area contributed by atoms with Gasteiger partial charge in [0.15, 0.2) is 23.1 Å². The number of hydrogen-bond acceptors (Lipinski definition) is 7. The van der Waals surface area contributed by atoms with E-state index in [0.29, 0.717) is 0 Å². The van der Waals surface area contributed by atoms with Crippen LogP contribution in [0.4, 0.5) is 18.0 Å². The first-order chi connectivity index (χ1) is 20.2. The van der Waals surface area contributed by atoms with Crippen molar-refractivity contribution in [2.45, 2.75) is 26.1 Å². The van der Waals surface area contributed by atoms with Gasteiger partial charge in [-0.1, -0.05) is 34.8 Å². The molecule has 0 fully saturated rings. The van der Waals surface area contributed by atoms with Crippen LogP contribution < -0.4 is 0 Å². The summed E-state index contributed by atoms with van der Waals surface area (Å²) in [6.07, 6.45) is -4.38. The van der Waals surface area contributed by atoms with E-state index in [4.69, 9.17) is 34.8 Å². The van der Waals surface area contributed by atoms with Gasteiger partial charge in [-0.3, -0.25) is 14.3 Å². The summed E-state index contributed by atoms with van der Waals surface area (Å²) < 4.78 is 46.5. The average Bonchev–Trinajstić information content (AvgIpc) is 3.53. The second kappa shape index (κ2) is 12.7. The molecular weight excluding hydrogens is 636 g/mol. The van der Waals surface area contributed by atoms with E-state index in [1.54, 1.807) is 6.07 Å². The minimum Gasteiger partial charge on any atom is -0.453 e. The molecule has 0 saturated carbocycles. The van der Waals surface area contributed by atoms with Gasteiger partial charge in [0.25, 0.3) is 0 Å². The number of rotatable bonds is 9. The lowest BCUT2D eigenvalue weighted by atomic mass is 9.97. The van der Waals surface area contributed by atoms with Crippen LogP contribution in [0.3, 0.4) is 0 Å². The van der Waals surface area contributed by atoms with Crippen LogP contribution >= 0.6 is 34.8 Å². The van der Waals surface area contributed by atoms with Crippen molar-refractivity contribution in [1.29, 1.82) is 0 Å². The molecule has 0 aliphatic heterocycles. The summed E-state index contributed by atoms with van der Waals surface area (Å²) in [7, 11) is 2.52. The second-order valence-electron chi connectivity index (χ2n) is 9.33. The lowest BCUT2D eigenvalue weighted by Gasteiger charge is -2.17. The predicted molar refractivity (Wildman–Crippen MR) is 151 cm³/mol. The zero-order chi connectivity index (χ0) is 31.6. The second-order valence-corrected chi connectivity index (χ2v) is 10.6. The fourth-order valence-corrected chi connectivity index (χ4v) is 4.93. The molecule has 0 aliphatic rings. The molecular formula is C27H22Cl3F3N6O4. The highest BCUT2D eigenvalue weighted by Crippen LogP contribution is 2.30. The number of ketones is 2. The Kier molecular flexibility index (Phi) is 9.47. The van der Waals surface area contributed by atoms with E-state index in [-0.39, 0.29) is 62.2 Å². The van der Waals surface area contributed by atoms with Gasteiger partial charge in [0.05, 0.1) is 30.9 Å². The summed E-state index contributed by atoms with van der Waals surface area (Å²) in [6.45, 7) is 0.865. The largest absolute Gasteiger partial charge is 0.453 e. The first-order valence-corrected chi connectivity index (χ1v) is 13.5. The molecule has 1 aromatic carbocycles. The molecule has 0 saturated heterocycles. The Labute approximate surface area is 257 Å². The minimum absolute atomic E-state index is 0.00982. The van der Waals surface area contributed by atoms with Crippen molar-refractivity contribution < 1.29 is 32.3 Å². The molecule has 4 rings (SSSR count). The molecule has 1 amide bonds. The molecule has 16 heteroatoms. The first-order valence-electron chi connectivity index (χ1n) is 12.3. The van der Waals surface area contributed by atoms with Crippen molar-refractivity contribution in [2.24, 2.45) is 0 Å². The van der Waals surface area contributed by atoms with E-state index >= 15 is 0 Å². The summed E-state index contributed by atoms with van der Waals surface area (Å²) >= 11 is 18.9. The number of benzene rings is 1. The van der Waals surface area contributed by atoms with Crippen LogP contribution in [-0.4, -0.2) is 67.8 Å². The lowest BCUT2D eigenvalue weighted by Crippen LogP contribution is -2.32. The van der Waals surface area contributed by atoms with E-state index in [0.717, 1.165) is 22.8 Å². The van der Waals surface area contributed by atoms with Gasteiger partial charge in [-0.2, -0.15) is 23.4 Å². The summed E-state index contributed by atoms with van der Waals surface area (Å²) in [5.41, 5.74) is -0.551. The number of pyridine rings is 1. The molecule has 0 bridgehead atoms. The molecule has 43 heavy (non-hydrogen) atoms. The number of alkyl halides is 3. The number of nitrogens with zero attached hydrogens (tertiary/aromatic N) is 6. The number of aromatic nitrogens is 5. The smallest absolute Gasteiger partial charge is 0.435 e. The van der Waals surface area contributed by atoms with Crippen molar-refractivity contribution >= 4 is 52.5 Å². The van der Waals surface area contributed by atoms with Gasteiger partial charge in [-0.15, -0.1) is 0 Å². The summed E-state index contributed by atoms with van der Waals surface area (Å²) in [5, 5.41) is 8.33. The molecule has 0 N–H and O–H groups in total. The molecule has 10 nitrogen and oxygen atoms in total. The fourth-order valence-electron chi connectivity index (χ4n) is 4.17. The number of carbonyl (C=O) groups is 3. The Bertz CT molecular complexity index is 1720. The molecule has 4 aromatic rings. The van der Waals surface area contributed by atoms with Gasteiger partial charge >= 0.3 is 12.3 Å². The molecule has 3 aromatic heterocycles. The maximum Gasteiger partial charge on any atom is 0.435 e. The Hall–Kier alpha value is -3.94. The maximum absolute atomic E-state index is 13.8. The number of ether oxygens (including phenoxy) is 1. The Morgan fingerprint density at radius 3 is 2.37 bits per heavy atom. The van der Waals surface area contributed by atoms with Crippen molar-refractivity contribution in [1.82, 2.24) is 29.4 Å². The molecule has 3 heterocycles. The van der Waals surface area contributed by atoms with Crippen molar-refractivity contribution in [3.8, 4) is 5.82 Å². The maximum atomic E-state index is 13.8. The SMILES string of the molecule is COC(=O)N(C)CC(=O)c1cc(Cl)cc(Cl)c1CC(=O)c1cc(Cn2nc(C(F)(F)F)cc2C)nn1-c1ncccc1Cl. The number of amides is 1. The lowest BCUT2D eigenvalue weighted by molar-refractivity contribution is -0.141. The third-order valence-electron chi connectivity index (χ3n) is 6.23. The van der Waals surface area contributed by atoms with Gasteiger partial charge < -0.3 is 9.64 Å². The average molecular weight is 658 g/mol. The third-order valence-corrected chi connectivity index (χ3v) is 7.08. The van der Waals surface area contributed by atoms with Crippen LogP contribution in [0, 0.1) is 6.92 Å². The third kappa shape index (κ3) is 7.17. The molecule has 0 spiro atoms. The Morgan fingerprint density at radius 1 is 1.02 bits per heavy atom. The Balaban J connectivity index is 1.74. The summed E-state index contributed by atoms with van der Waals surface area (Å²) in [4.78, 5) is 44.0. The van der Waals surface area contributed by atoms with E-state index in [9.17, 15) is 27.6 Å². The van der Waals surface area contributed by atoms with Crippen LogP contribution in [0.15, 0.2) is 42.6 Å². The fraction of sp³-hybridized carbons (Fsp3) is 0.259. The van der Waals surface area contributed by atoms with Gasteiger partial charge in [-0.25, -0.2) is 14.5 Å². The molecule has 0 aliphatic carbocycles. The highest BCUT2D eigenvalue weighted by Gasteiger charge is 2.34. The first kappa shape index (κ1) is 32.0. The van der Waals surface area contributed by atoms with Gasteiger partial charge in [0.2, 0.25) is 0 Å². The molecule has 0 atom stereocenters. The van der Waals surface area contributed by atoms with Crippen LogP contribution in [0.1, 0.15) is 43.5 Å². The monoisotopic (exact) mass is 656 g/mol. The highest BCUT2D eigenvalue weighted by atomic mass is 35.5. The van der Waals surface area contributed by atoms with Crippen molar-refractivity contribution in [2.75, 3.05) is 20.7 Å². The van der Waals surface area contributed by atoms with Gasteiger partial charge in [0, 0.05) is 41.0 Å². The van der Waals surface area contributed by atoms with E-state index in [1.807, 2.05) is 0 Å². The van der Waals surface area contributed by atoms with E-state index in [1.165, 1.54) is 49.1 Å². The molecule has 0 radical (unpaired) electrons. The standard InChI is InChI=1S/C27H22Cl3F3N6O4/c1-14-7-24(27(31,32)33)36-38(14)12-16-10-21(39(35-16)25-19(29)5-4-6-34-25)22(40)11-17-18(8-15(28)9-20(17)30)23(41)13-37(2)26(42)43-3/h4-10H,11-13H2,1-3H3. The quantitative estimate of drug-likeness (QED) is 0.200. The predicted octanol–water partition coefficient (Wildman–Crippen LogP) is 6.11. The van der Waals surface area contributed by atoms with Crippen molar-refractivity contribution in [3.05, 3.63) is 91.6 Å². The summed E-state index contributed by atoms with van der Waals surface area (Å²) in [6, 6.07) is 8.07. The highest BCUT2D eigenvalue weighted by molar-refractivity contribution is 6.36. The van der Waals surface area contributed by atoms with Gasteiger partial charge in [-0.05, 0) is 48.9 Å². The Morgan fingerprint density at radius 2 is 1.74 bits per heavy atom. The number of likely N-dealkylation sites (N-methyl/N-ethyl adjacent to an activating group) is 1. The zero-order valence-electron chi connectivity index (χ0n) is 22.7. The van der Waals surface area contributed by atoms with Crippen LogP contribution in [-0.2, 0) is 23.9 Å². The number of halogens is 6. The number of carbonyl (C=O) groups excluding carboxylic acids is 3. The van der Waals surface area contributed by atoms with E-state index < -0.39 is 36.0 Å². The summed E-state index contributed by atoms with van der Waals surface area (Å²) in [5.74, 6) is -1.05. The van der Waals surface area contributed by atoms with Crippen molar-refractivity contribution in [3.63, 3.8) is 0 Å². The van der Waals surface area contributed by atoms with Crippen LogP contribution in [0.5, 0.6) is 0 Å². The number of aryl methyl sites for hydroxylation is 1.